The van der Waals surface area contributed by atoms with Gasteiger partial charge >= 0.3 is 5.97 Å². The van der Waals surface area contributed by atoms with Gasteiger partial charge in [0.15, 0.2) is 0 Å². The molecule has 2 aromatic carbocycles. The minimum absolute atomic E-state index is 0.332. The molecule has 110 valence electrons. The van der Waals surface area contributed by atoms with Crippen molar-refractivity contribution in [1.82, 2.24) is 0 Å². The van der Waals surface area contributed by atoms with Crippen molar-refractivity contribution in [2.24, 2.45) is 0 Å². The van der Waals surface area contributed by atoms with Gasteiger partial charge in [-0.1, -0.05) is 17.7 Å². The fourth-order valence-corrected chi connectivity index (χ4v) is 2.13. The summed E-state index contributed by atoms with van der Waals surface area (Å²) in [5, 5.41) is 3.47. The van der Waals surface area contributed by atoms with E-state index in [1.54, 1.807) is 31.2 Å². The molecule has 1 N–H and O–H groups in total. The molecule has 0 saturated heterocycles. The molecule has 0 bridgehead atoms. The first kappa shape index (κ1) is 15.3. The van der Waals surface area contributed by atoms with Gasteiger partial charge in [0.25, 0.3) is 0 Å². The van der Waals surface area contributed by atoms with Crippen LogP contribution in [-0.4, -0.2) is 12.6 Å². The molecule has 0 aromatic heterocycles. The first-order valence-electron chi connectivity index (χ1n) is 6.54. The summed E-state index contributed by atoms with van der Waals surface area (Å²) in [6.07, 6.45) is 0. The molecule has 5 heteroatoms. The summed E-state index contributed by atoms with van der Waals surface area (Å²) in [6.45, 7) is 2.50. The smallest absolute Gasteiger partial charge is 0.338 e. The molecule has 3 nitrogen and oxygen atoms in total. The summed E-state index contributed by atoms with van der Waals surface area (Å²) in [4.78, 5) is 11.6. The molecule has 0 atom stereocenters. The van der Waals surface area contributed by atoms with Crippen LogP contribution < -0.4 is 5.32 Å². The Hall–Kier alpha value is -2.07. The average Bonchev–Trinajstić information content (AvgIpc) is 2.45. The zero-order valence-corrected chi connectivity index (χ0v) is 12.3. The van der Waals surface area contributed by atoms with Crippen LogP contribution in [0.1, 0.15) is 22.8 Å². The van der Waals surface area contributed by atoms with E-state index < -0.39 is 0 Å². The van der Waals surface area contributed by atoms with Crippen LogP contribution in [0, 0.1) is 5.82 Å². The molecule has 0 fully saturated rings. The maximum absolute atomic E-state index is 13.2. The van der Waals surface area contributed by atoms with Crippen molar-refractivity contribution in [2.45, 2.75) is 13.5 Å². The van der Waals surface area contributed by atoms with Crippen LogP contribution >= 0.6 is 11.6 Å². The van der Waals surface area contributed by atoms with E-state index >= 15 is 0 Å². The molecule has 0 saturated carbocycles. The van der Waals surface area contributed by atoms with Gasteiger partial charge in [-0.05, 0) is 48.9 Å². The summed E-state index contributed by atoms with van der Waals surface area (Å²) in [5.74, 6) is -0.741. The molecule has 0 aliphatic carbocycles. The standard InChI is InChI=1S/C16H15ClFNO2/c1-2-21-16(20)12-4-3-5-15(8-12)19-10-11-6-13(17)9-14(18)7-11/h3-9,19H,2,10H2,1H3. The van der Waals surface area contributed by atoms with Gasteiger partial charge in [0.1, 0.15) is 5.82 Å². The number of benzene rings is 2. The van der Waals surface area contributed by atoms with Crippen molar-refractivity contribution in [2.75, 3.05) is 11.9 Å². The Morgan fingerprint density at radius 1 is 1.29 bits per heavy atom. The summed E-state index contributed by atoms with van der Waals surface area (Å²) in [5.41, 5.74) is 1.95. The predicted molar refractivity (Wildman–Crippen MR) is 81.1 cm³/mol. The van der Waals surface area contributed by atoms with Crippen molar-refractivity contribution in [3.63, 3.8) is 0 Å². The highest BCUT2D eigenvalue weighted by atomic mass is 35.5. The lowest BCUT2D eigenvalue weighted by Gasteiger charge is -2.09. The van der Waals surface area contributed by atoms with E-state index in [-0.39, 0.29) is 11.8 Å². The van der Waals surface area contributed by atoms with Crippen LogP contribution in [0.5, 0.6) is 0 Å². The zero-order valence-electron chi connectivity index (χ0n) is 11.5. The first-order chi connectivity index (χ1) is 10.1. The average molecular weight is 308 g/mol. The Bertz CT molecular complexity index is 626. The normalized spacial score (nSPS) is 10.2. The van der Waals surface area contributed by atoms with Gasteiger partial charge in [0.2, 0.25) is 0 Å². The molecule has 0 spiro atoms. The number of halogens is 2. The highest BCUT2D eigenvalue weighted by Gasteiger charge is 2.06. The van der Waals surface area contributed by atoms with Crippen molar-refractivity contribution in [3.05, 3.63) is 64.4 Å². The third kappa shape index (κ3) is 4.46. The lowest BCUT2D eigenvalue weighted by atomic mass is 10.2. The van der Waals surface area contributed by atoms with Crippen LogP contribution in [-0.2, 0) is 11.3 Å². The number of esters is 1. The Balaban J connectivity index is 2.06. The van der Waals surface area contributed by atoms with E-state index in [0.717, 1.165) is 11.3 Å². The van der Waals surface area contributed by atoms with E-state index in [2.05, 4.69) is 5.32 Å². The second-order valence-corrected chi connectivity index (χ2v) is 4.87. The van der Waals surface area contributed by atoms with Gasteiger partial charge < -0.3 is 10.1 Å². The molecule has 0 unspecified atom stereocenters. The fourth-order valence-electron chi connectivity index (χ4n) is 1.89. The number of rotatable bonds is 5. The molecule has 0 aliphatic heterocycles. The van der Waals surface area contributed by atoms with E-state index in [0.29, 0.717) is 23.7 Å². The molecule has 0 aliphatic rings. The summed E-state index contributed by atoms with van der Waals surface area (Å²) in [6, 6.07) is 11.3. The third-order valence-corrected chi connectivity index (χ3v) is 3.01. The molecule has 0 amide bonds. The lowest BCUT2D eigenvalue weighted by molar-refractivity contribution is 0.0526. The third-order valence-electron chi connectivity index (χ3n) is 2.79. The Labute approximate surface area is 127 Å². The maximum Gasteiger partial charge on any atom is 0.338 e. The number of anilines is 1. The van der Waals surface area contributed by atoms with Crippen molar-refractivity contribution >= 4 is 23.3 Å². The molecule has 2 aromatic rings. The summed E-state index contributed by atoms with van der Waals surface area (Å²) >= 11 is 5.80. The molecular weight excluding hydrogens is 293 g/mol. The largest absolute Gasteiger partial charge is 0.462 e. The number of nitrogens with one attached hydrogen (secondary N) is 1. The Morgan fingerprint density at radius 3 is 2.81 bits per heavy atom. The second kappa shape index (κ2) is 7.09. The quantitative estimate of drug-likeness (QED) is 0.838. The van der Waals surface area contributed by atoms with E-state index in [1.165, 1.54) is 12.1 Å². The number of ether oxygens (including phenoxy) is 1. The van der Waals surface area contributed by atoms with Gasteiger partial charge in [-0.15, -0.1) is 0 Å². The molecule has 21 heavy (non-hydrogen) atoms. The summed E-state index contributed by atoms with van der Waals surface area (Å²) < 4.78 is 18.2. The van der Waals surface area contributed by atoms with Gasteiger partial charge in [0.05, 0.1) is 12.2 Å². The second-order valence-electron chi connectivity index (χ2n) is 4.43. The van der Waals surface area contributed by atoms with E-state index in [1.807, 2.05) is 6.07 Å². The van der Waals surface area contributed by atoms with Crippen LogP contribution in [0.15, 0.2) is 42.5 Å². The van der Waals surface area contributed by atoms with Crippen molar-refractivity contribution in [1.29, 1.82) is 0 Å². The van der Waals surface area contributed by atoms with Crippen LogP contribution in [0.4, 0.5) is 10.1 Å². The molecule has 0 radical (unpaired) electrons. The van der Waals surface area contributed by atoms with Crippen LogP contribution in [0.2, 0.25) is 5.02 Å². The summed E-state index contributed by atoms with van der Waals surface area (Å²) in [7, 11) is 0. The first-order valence-corrected chi connectivity index (χ1v) is 6.92. The molecule has 0 heterocycles. The Kier molecular flexibility index (Phi) is 5.17. The van der Waals surface area contributed by atoms with Gasteiger partial charge in [-0.2, -0.15) is 0 Å². The van der Waals surface area contributed by atoms with Crippen LogP contribution in [0.25, 0.3) is 0 Å². The molecule has 2 rings (SSSR count). The van der Waals surface area contributed by atoms with Gasteiger partial charge in [0, 0.05) is 17.3 Å². The van der Waals surface area contributed by atoms with Gasteiger partial charge in [-0.3, -0.25) is 0 Å². The number of carbonyl (C=O) groups is 1. The van der Waals surface area contributed by atoms with Crippen LogP contribution in [0.3, 0.4) is 0 Å². The lowest BCUT2D eigenvalue weighted by Crippen LogP contribution is -2.06. The topological polar surface area (TPSA) is 38.3 Å². The SMILES string of the molecule is CCOC(=O)c1cccc(NCc2cc(F)cc(Cl)c2)c1. The number of carbonyl (C=O) groups excluding carboxylic acids is 1. The van der Waals surface area contributed by atoms with E-state index in [9.17, 15) is 9.18 Å². The highest BCUT2D eigenvalue weighted by molar-refractivity contribution is 6.30. The number of hydrogen-bond acceptors (Lipinski definition) is 3. The van der Waals surface area contributed by atoms with E-state index in [4.69, 9.17) is 16.3 Å². The highest BCUT2D eigenvalue weighted by Crippen LogP contribution is 2.17. The minimum Gasteiger partial charge on any atom is -0.462 e. The fraction of sp³-hybridized carbons (Fsp3) is 0.188. The predicted octanol–water partition coefficient (Wildman–Crippen LogP) is 4.27. The Morgan fingerprint density at radius 2 is 2.10 bits per heavy atom. The van der Waals surface area contributed by atoms with Crippen molar-refractivity contribution < 1.29 is 13.9 Å². The maximum atomic E-state index is 13.2. The monoisotopic (exact) mass is 307 g/mol. The molecular formula is C16H15ClFNO2. The minimum atomic E-state index is -0.375. The number of hydrogen-bond donors (Lipinski definition) is 1. The zero-order chi connectivity index (χ0) is 15.2. The van der Waals surface area contributed by atoms with Crippen molar-refractivity contribution in [3.8, 4) is 0 Å². The van der Waals surface area contributed by atoms with Gasteiger partial charge in [-0.25, -0.2) is 9.18 Å².